The molecular formula is C16H20BrNO5. The van der Waals surface area contributed by atoms with Gasteiger partial charge in [0.25, 0.3) is 5.91 Å². The minimum absolute atomic E-state index is 0.0222. The number of halogens is 1. The summed E-state index contributed by atoms with van der Waals surface area (Å²) in [5.41, 5.74) is 0.324. The first kappa shape index (κ1) is 17.6. The van der Waals surface area contributed by atoms with Crippen molar-refractivity contribution in [1.82, 2.24) is 5.32 Å². The minimum atomic E-state index is -1.00. The molecule has 1 aliphatic rings. The zero-order valence-electron chi connectivity index (χ0n) is 13.1. The molecule has 1 atom stereocenters. The molecule has 1 amide bonds. The van der Waals surface area contributed by atoms with Crippen LogP contribution >= 0.6 is 15.9 Å². The van der Waals surface area contributed by atoms with Crippen molar-refractivity contribution in [1.29, 1.82) is 0 Å². The number of carbonyl (C=O) groups excluding carboxylic acids is 1. The number of rotatable bonds is 8. The van der Waals surface area contributed by atoms with Crippen molar-refractivity contribution in [3.63, 3.8) is 0 Å². The molecule has 0 radical (unpaired) electrons. The summed E-state index contributed by atoms with van der Waals surface area (Å²) in [6.07, 6.45) is 2.50. The van der Waals surface area contributed by atoms with Crippen LogP contribution in [0.3, 0.4) is 0 Å². The zero-order chi connectivity index (χ0) is 17.0. The van der Waals surface area contributed by atoms with Gasteiger partial charge < -0.3 is 19.9 Å². The van der Waals surface area contributed by atoms with E-state index >= 15 is 0 Å². The fourth-order valence-corrected chi connectivity index (χ4v) is 2.79. The Morgan fingerprint density at radius 3 is 2.65 bits per heavy atom. The lowest BCUT2D eigenvalue weighted by atomic mass is 10.1. The van der Waals surface area contributed by atoms with E-state index in [1.165, 1.54) is 7.11 Å². The molecule has 1 unspecified atom stereocenters. The average Bonchev–Trinajstić information content (AvgIpc) is 3.34. The Kier molecular flexibility index (Phi) is 5.87. The molecule has 0 aromatic heterocycles. The number of amides is 1. The second kappa shape index (κ2) is 7.68. The van der Waals surface area contributed by atoms with Gasteiger partial charge in [0.15, 0.2) is 11.5 Å². The molecule has 1 aromatic carbocycles. The van der Waals surface area contributed by atoms with Crippen LogP contribution in [0.1, 0.15) is 36.5 Å². The molecule has 7 heteroatoms. The molecule has 0 spiro atoms. The van der Waals surface area contributed by atoms with Crippen molar-refractivity contribution in [2.75, 3.05) is 13.7 Å². The third-order valence-corrected chi connectivity index (χ3v) is 4.18. The Hall–Kier alpha value is -1.76. The van der Waals surface area contributed by atoms with E-state index in [-0.39, 0.29) is 5.92 Å². The van der Waals surface area contributed by atoms with Gasteiger partial charge in [-0.1, -0.05) is 6.92 Å². The predicted molar refractivity (Wildman–Crippen MR) is 88.1 cm³/mol. The maximum atomic E-state index is 12.3. The molecule has 1 saturated carbocycles. The Balaban J connectivity index is 2.19. The summed E-state index contributed by atoms with van der Waals surface area (Å²) in [4.78, 5) is 23.6. The first-order chi connectivity index (χ1) is 11.0. The van der Waals surface area contributed by atoms with Gasteiger partial charge in [0, 0.05) is 5.56 Å². The average molecular weight is 386 g/mol. The number of nitrogens with one attached hydrogen (secondary N) is 1. The van der Waals surface area contributed by atoms with Crippen LogP contribution in [0.5, 0.6) is 11.5 Å². The van der Waals surface area contributed by atoms with Gasteiger partial charge in [0.2, 0.25) is 0 Å². The third-order valence-electron chi connectivity index (χ3n) is 3.59. The number of hydrogen-bond acceptors (Lipinski definition) is 4. The van der Waals surface area contributed by atoms with Crippen LogP contribution in [0.2, 0.25) is 0 Å². The molecule has 1 aromatic rings. The quantitative estimate of drug-likeness (QED) is 0.718. The molecule has 1 aliphatic carbocycles. The van der Waals surface area contributed by atoms with E-state index in [1.807, 2.05) is 6.92 Å². The van der Waals surface area contributed by atoms with Gasteiger partial charge in [-0.15, -0.1) is 0 Å². The fraction of sp³-hybridized carbons (Fsp3) is 0.500. The predicted octanol–water partition coefficient (Wildman–Crippen LogP) is 2.84. The fourth-order valence-electron chi connectivity index (χ4n) is 2.23. The standard InChI is InChI=1S/C16H20BrNO5/c1-3-6-23-14-11(17)7-10(8-12(14)22-2)15(19)18-13(16(20)21)9-4-5-9/h7-9,13H,3-6H2,1-2H3,(H,18,19)(H,20,21). The Morgan fingerprint density at radius 2 is 2.13 bits per heavy atom. The number of carbonyl (C=O) groups is 2. The lowest BCUT2D eigenvalue weighted by Gasteiger charge is -2.16. The largest absolute Gasteiger partial charge is 0.493 e. The molecule has 6 nitrogen and oxygen atoms in total. The van der Waals surface area contributed by atoms with Crippen molar-refractivity contribution >= 4 is 27.8 Å². The van der Waals surface area contributed by atoms with Gasteiger partial charge in [-0.05, 0) is 53.2 Å². The van der Waals surface area contributed by atoms with Crippen molar-refractivity contribution in [2.24, 2.45) is 5.92 Å². The summed E-state index contributed by atoms with van der Waals surface area (Å²) in [5, 5.41) is 11.8. The summed E-state index contributed by atoms with van der Waals surface area (Å²) < 4.78 is 11.5. The smallest absolute Gasteiger partial charge is 0.326 e. The van der Waals surface area contributed by atoms with Crippen LogP contribution in [0, 0.1) is 5.92 Å². The molecule has 23 heavy (non-hydrogen) atoms. The lowest BCUT2D eigenvalue weighted by molar-refractivity contribution is -0.139. The number of carboxylic acids is 1. The normalized spacial score (nSPS) is 14.9. The van der Waals surface area contributed by atoms with E-state index in [4.69, 9.17) is 9.47 Å². The molecule has 0 bridgehead atoms. The second-order valence-electron chi connectivity index (χ2n) is 5.46. The molecule has 0 heterocycles. The SMILES string of the molecule is CCCOc1c(Br)cc(C(=O)NC(C(=O)O)C2CC2)cc1OC. The van der Waals surface area contributed by atoms with E-state index < -0.39 is 17.9 Å². The molecule has 126 valence electrons. The number of benzene rings is 1. The van der Waals surface area contributed by atoms with Crippen molar-refractivity contribution in [3.05, 3.63) is 22.2 Å². The summed E-state index contributed by atoms with van der Waals surface area (Å²) in [6.45, 7) is 2.52. The number of aliphatic carboxylic acids is 1. The summed E-state index contributed by atoms with van der Waals surface area (Å²) in [7, 11) is 1.49. The summed E-state index contributed by atoms with van der Waals surface area (Å²) >= 11 is 3.37. The van der Waals surface area contributed by atoms with E-state index in [0.29, 0.717) is 28.1 Å². The maximum Gasteiger partial charge on any atom is 0.326 e. The zero-order valence-corrected chi connectivity index (χ0v) is 14.7. The number of carboxylic acid groups (broad SMARTS) is 1. The van der Waals surface area contributed by atoms with Crippen LogP contribution in [-0.4, -0.2) is 36.7 Å². The van der Waals surface area contributed by atoms with Gasteiger partial charge in [0.05, 0.1) is 18.2 Å². The first-order valence-corrected chi connectivity index (χ1v) is 8.31. The third kappa shape index (κ3) is 4.37. The Labute approximate surface area is 143 Å². The molecular weight excluding hydrogens is 366 g/mol. The van der Waals surface area contributed by atoms with Gasteiger partial charge in [-0.25, -0.2) is 4.79 Å². The topological polar surface area (TPSA) is 84.9 Å². The van der Waals surface area contributed by atoms with Crippen LogP contribution < -0.4 is 14.8 Å². The molecule has 2 N–H and O–H groups in total. The van der Waals surface area contributed by atoms with Crippen molar-refractivity contribution in [3.8, 4) is 11.5 Å². The van der Waals surface area contributed by atoms with Gasteiger partial charge in [-0.2, -0.15) is 0 Å². The highest BCUT2D eigenvalue weighted by Gasteiger charge is 2.37. The van der Waals surface area contributed by atoms with E-state index in [9.17, 15) is 14.7 Å². The number of ether oxygens (including phenoxy) is 2. The maximum absolute atomic E-state index is 12.3. The molecule has 1 fully saturated rings. The Morgan fingerprint density at radius 1 is 1.43 bits per heavy atom. The Bertz CT molecular complexity index is 600. The van der Waals surface area contributed by atoms with Crippen LogP contribution in [-0.2, 0) is 4.79 Å². The van der Waals surface area contributed by atoms with Crippen LogP contribution in [0.4, 0.5) is 0 Å². The summed E-state index contributed by atoms with van der Waals surface area (Å²) in [6, 6.07) is 2.31. The van der Waals surface area contributed by atoms with Gasteiger partial charge >= 0.3 is 5.97 Å². The van der Waals surface area contributed by atoms with Crippen LogP contribution in [0.15, 0.2) is 16.6 Å². The number of hydrogen-bond donors (Lipinski definition) is 2. The molecule has 2 rings (SSSR count). The number of methoxy groups -OCH3 is 1. The van der Waals surface area contributed by atoms with Crippen molar-refractivity contribution < 1.29 is 24.2 Å². The highest BCUT2D eigenvalue weighted by molar-refractivity contribution is 9.10. The monoisotopic (exact) mass is 385 g/mol. The van der Waals surface area contributed by atoms with E-state index in [2.05, 4.69) is 21.2 Å². The molecule has 0 aliphatic heterocycles. The molecule has 0 saturated heterocycles. The van der Waals surface area contributed by atoms with E-state index in [0.717, 1.165) is 19.3 Å². The minimum Gasteiger partial charge on any atom is -0.493 e. The first-order valence-electron chi connectivity index (χ1n) is 7.51. The van der Waals surface area contributed by atoms with E-state index in [1.54, 1.807) is 12.1 Å². The second-order valence-corrected chi connectivity index (χ2v) is 6.32. The van der Waals surface area contributed by atoms with Gasteiger partial charge in [0.1, 0.15) is 6.04 Å². The summed E-state index contributed by atoms with van der Waals surface area (Å²) in [5.74, 6) is -0.465. The van der Waals surface area contributed by atoms with Crippen LogP contribution in [0.25, 0.3) is 0 Å². The van der Waals surface area contributed by atoms with Gasteiger partial charge in [-0.3, -0.25) is 4.79 Å². The lowest BCUT2D eigenvalue weighted by Crippen LogP contribution is -2.42. The van der Waals surface area contributed by atoms with Crippen molar-refractivity contribution in [2.45, 2.75) is 32.2 Å². The highest BCUT2D eigenvalue weighted by atomic mass is 79.9. The highest BCUT2D eigenvalue weighted by Crippen LogP contribution is 2.37.